The number of pyridine rings is 2. The minimum absolute atomic E-state index is 0. The molecule has 1 radical (unpaired) electrons. The van der Waals surface area contributed by atoms with Gasteiger partial charge >= 0.3 is 0 Å². The quantitative estimate of drug-likeness (QED) is 0.206. The van der Waals surface area contributed by atoms with E-state index in [0.29, 0.717) is 0 Å². The predicted octanol–water partition coefficient (Wildman–Crippen LogP) is 0.959. The van der Waals surface area contributed by atoms with Crippen LogP contribution in [0.1, 0.15) is 22.8 Å². The Hall–Kier alpha value is -3.19. The van der Waals surface area contributed by atoms with Crippen molar-refractivity contribution < 1.29 is 57.2 Å². The van der Waals surface area contributed by atoms with Crippen molar-refractivity contribution in [2.45, 2.75) is 27.7 Å². The SMILES string of the molecule is Cc1cccc(C)[n+]1O.Cc1cccc(C)[n+]1O.O=[N+]([O-])O.O=[N+]([O-])O.[Co]. The molecule has 0 saturated heterocycles. The average Bonchev–Trinajstić information content (AvgIpc) is 2.50. The van der Waals surface area contributed by atoms with Gasteiger partial charge in [0, 0.05) is 78.2 Å². The van der Waals surface area contributed by atoms with Crippen LogP contribution < -0.4 is 9.46 Å². The summed E-state index contributed by atoms with van der Waals surface area (Å²) in [6.45, 7) is 7.42. The van der Waals surface area contributed by atoms with Crippen LogP contribution in [0.5, 0.6) is 0 Å². The van der Waals surface area contributed by atoms with Gasteiger partial charge in [0.2, 0.25) is 22.8 Å². The van der Waals surface area contributed by atoms with E-state index in [1.165, 1.54) is 9.46 Å². The Morgan fingerprint density at radius 2 is 0.852 bits per heavy atom. The number of nitrogens with zero attached hydrogens (tertiary/aromatic N) is 4. The molecule has 0 bridgehead atoms. The van der Waals surface area contributed by atoms with Crippen molar-refractivity contribution in [2.24, 2.45) is 0 Å². The standard InChI is InChI=1S/2C7H10NO.Co.2HNO3/c2*1-6-4-3-5-7(2)8(6)9;;2*2-1(3)4/h2*3-5,9H,1-2H3;;2*(H,2,3,4)/q2*+1;;;. The minimum Gasteiger partial charge on any atom is -0.328 e. The zero-order valence-corrected chi connectivity index (χ0v) is 16.0. The summed E-state index contributed by atoms with van der Waals surface area (Å²) in [7, 11) is 0. The molecule has 0 aliphatic rings. The van der Waals surface area contributed by atoms with Crippen molar-refractivity contribution in [3.8, 4) is 0 Å². The van der Waals surface area contributed by atoms with E-state index in [-0.39, 0.29) is 16.8 Å². The van der Waals surface area contributed by atoms with Gasteiger partial charge < -0.3 is 10.4 Å². The number of hydrogen-bond acceptors (Lipinski definition) is 6. The molecule has 0 atom stereocenters. The van der Waals surface area contributed by atoms with Crippen molar-refractivity contribution >= 4 is 0 Å². The first-order chi connectivity index (χ1) is 11.9. The molecule has 0 spiro atoms. The Balaban J connectivity index is -0.000000303. The van der Waals surface area contributed by atoms with Gasteiger partial charge in [0.15, 0.2) is 0 Å². The summed E-state index contributed by atoms with van der Waals surface area (Å²) >= 11 is 0. The Morgan fingerprint density at radius 1 is 0.704 bits per heavy atom. The summed E-state index contributed by atoms with van der Waals surface area (Å²) in [5, 5.41) is 45.5. The summed E-state index contributed by atoms with van der Waals surface area (Å²) in [4.78, 5) is 16.7. The first-order valence-electron chi connectivity index (χ1n) is 6.91. The van der Waals surface area contributed by atoms with Gasteiger partial charge in [-0.1, -0.05) is 0 Å². The Kier molecular flexibility index (Phi) is 16.0. The van der Waals surface area contributed by atoms with Gasteiger partial charge in [-0.25, -0.2) is 0 Å². The zero-order valence-electron chi connectivity index (χ0n) is 15.0. The third kappa shape index (κ3) is 16.0. The number of aromatic nitrogens is 2. The van der Waals surface area contributed by atoms with Crippen LogP contribution in [0, 0.1) is 47.9 Å². The minimum atomic E-state index is -1.50. The van der Waals surface area contributed by atoms with Crippen LogP contribution in [0.15, 0.2) is 36.4 Å². The maximum Gasteiger partial charge on any atom is 0.291 e. The third-order valence-electron chi connectivity index (χ3n) is 2.69. The van der Waals surface area contributed by atoms with E-state index in [4.69, 9.17) is 41.1 Å². The number of hydrogen-bond donors (Lipinski definition) is 4. The first kappa shape index (κ1) is 28.6. The van der Waals surface area contributed by atoms with Crippen LogP contribution in [0.2, 0.25) is 0 Å². The molecular formula is C14H22CoN4O8+2. The van der Waals surface area contributed by atoms with E-state index in [1.54, 1.807) is 0 Å². The Bertz CT molecular complexity index is 620. The fourth-order valence-electron chi connectivity index (χ4n) is 1.49. The van der Waals surface area contributed by atoms with Gasteiger partial charge in [-0.15, -0.1) is 20.2 Å². The van der Waals surface area contributed by atoms with Gasteiger partial charge in [0.1, 0.15) is 0 Å². The second-order valence-electron chi connectivity index (χ2n) is 4.72. The molecular weight excluding hydrogens is 411 g/mol. The van der Waals surface area contributed by atoms with Crippen LogP contribution in [-0.4, -0.2) is 31.0 Å². The van der Waals surface area contributed by atoms with Crippen LogP contribution in [0.3, 0.4) is 0 Å². The van der Waals surface area contributed by atoms with Crippen LogP contribution in [0.25, 0.3) is 0 Å². The van der Waals surface area contributed by atoms with Crippen LogP contribution in [0.4, 0.5) is 0 Å². The van der Waals surface area contributed by atoms with Crippen molar-refractivity contribution in [3.63, 3.8) is 0 Å². The van der Waals surface area contributed by atoms with Crippen molar-refractivity contribution in [2.75, 3.05) is 0 Å². The molecule has 0 aliphatic carbocycles. The fourth-order valence-corrected chi connectivity index (χ4v) is 1.49. The van der Waals surface area contributed by atoms with Gasteiger partial charge in [0.05, 0.1) is 0 Å². The van der Waals surface area contributed by atoms with Gasteiger partial charge in [-0.05, 0) is 12.1 Å². The molecule has 153 valence electrons. The molecule has 4 N–H and O–H groups in total. The normalized spacial score (nSPS) is 8.15. The molecule has 0 fully saturated rings. The van der Waals surface area contributed by atoms with Gasteiger partial charge in [0.25, 0.3) is 10.2 Å². The summed E-state index contributed by atoms with van der Waals surface area (Å²) in [5.41, 5.74) is 3.43. The smallest absolute Gasteiger partial charge is 0.291 e. The van der Waals surface area contributed by atoms with Crippen molar-refractivity contribution in [3.05, 3.63) is 79.4 Å². The van der Waals surface area contributed by atoms with Crippen LogP contribution in [-0.2, 0) is 16.8 Å². The molecule has 13 heteroatoms. The van der Waals surface area contributed by atoms with E-state index in [1.807, 2.05) is 64.1 Å². The molecule has 0 unspecified atom stereocenters. The molecule has 2 aromatic heterocycles. The van der Waals surface area contributed by atoms with Gasteiger partial charge in [-0.3, -0.25) is 10.4 Å². The molecule has 0 amide bonds. The topological polar surface area (TPSA) is 175 Å². The van der Waals surface area contributed by atoms with Gasteiger partial charge in [-0.2, -0.15) is 0 Å². The summed E-state index contributed by atoms with van der Waals surface area (Å²) in [6, 6.07) is 11.2. The monoisotopic (exact) mass is 433 g/mol. The van der Waals surface area contributed by atoms with Crippen LogP contribution >= 0.6 is 0 Å². The zero-order chi connectivity index (χ0) is 20.9. The maximum absolute atomic E-state index is 9.12. The summed E-state index contributed by atoms with van der Waals surface area (Å²) in [5.74, 6) is 0. The molecule has 0 aromatic carbocycles. The van der Waals surface area contributed by atoms with E-state index in [0.717, 1.165) is 22.8 Å². The largest absolute Gasteiger partial charge is 0.328 e. The first-order valence-corrected chi connectivity index (χ1v) is 6.91. The van der Waals surface area contributed by atoms with Crippen molar-refractivity contribution in [1.82, 2.24) is 0 Å². The predicted molar refractivity (Wildman–Crippen MR) is 84.2 cm³/mol. The number of rotatable bonds is 0. The fraction of sp³-hybridized carbons (Fsp3) is 0.286. The van der Waals surface area contributed by atoms with Crippen molar-refractivity contribution in [1.29, 1.82) is 0 Å². The third-order valence-corrected chi connectivity index (χ3v) is 2.69. The molecule has 12 nitrogen and oxygen atoms in total. The summed E-state index contributed by atoms with van der Waals surface area (Å²) < 4.78 is 2.33. The maximum atomic E-state index is 9.12. The average molecular weight is 433 g/mol. The molecule has 2 rings (SSSR count). The van der Waals surface area contributed by atoms with E-state index < -0.39 is 10.2 Å². The number of aryl methyl sites for hydroxylation is 4. The van der Waals surface area contributed by atoms with E-state index in [9.17, 15) is 0 Å². The summed E-state index contributed by atoms with van der Waals surface area (Å²) in [6.07, 6.45) is 0. The molecule has 0 aliphatic heterocycles. The second-order valence-corrected chi connectivity index (χ2v) is 4.72. The molecule has 0 saturated carbocycles. The molecule has 2 heterocycles. The Labute approximate surface area is 164 Å². The van der Waals surface area contributed by atoms with E-state index in [2.05, 4.69) is 0 Å². The Morgan fingerprint density at radius 3 is 0.963 bits per heavy atom. The molecule has 27 heavy (non-hydrogen) atoms. The molecule has 2 aromatic rings. The second kappa shape index (κ2) is 15.1. The van der Waals surface area contributed by atoms with E-state index >= 15 is 0 Å².